The number of aromatic nitrogens is 1. The summed E-state index contributed by atoms with van der Waals surface area (Å²) >= 11 is 0. The summed E-state index contributed by atoms with van der Waals surface area (Å²) in [6, 6.07) is 5.67. The third kappa shape index (κ3) is 3.02. The monoisotopic (exact) mass is 290 g/mol. The minimum Gasteiger partial charge on any atom is -0.474 e. The first-order chi connectivity index (χ1) is 10.1. The van der Waals surface area contributed by atoms with Crippen molar-refractivity contribution >= 4 is 5.91 Å². The molecule has 2 fully saturated rings. The van der Waals surface area contributed by atoms with Crippen molar-refractivity contribution in [2.75, 3.05) is 19.7 Å². The van der Waals surface area contributed by atoms with Gasteiger partial charge in [-0.1, -0.05) is 19.9 Å². The smallest absolute Gasteiger partial charge is 0.225 e. The van der Waals surface area contributed by atoms with Crippen molar-refractivity contribution in [3.05, 3.63) is 24.4 Å². The van der Waals surface area contributed by atoms with E-state index in [0.29, 0.717) is 25.6 Å². The first kappa shape index (κ1) is 14.3. The van der Waals surface area contributed by atoms with E-state index >= 15 is 0 Å². The molecule has 0 bridgehead atoms. The van der Waals surface area contributed by atoms with Crippen molar-refractivity contribution in [3.63, 3.8) is 0 Å². The van der Waals surface area contributed by atoms with Crippen LogP contribution in [0.15, 0.2) is 24.4 Å². The fourth-order valence-corrected chi connectivity index (χ4v) is 3.06. The number of ether oxygens (including phenoxy) is 2. The molecule has 1 spiro atoms. The van der Waals surface area contributed by atoms with Gasteiger partial charge in [-0.2, -0.15) is 0 Å². The Morgan fingerprint density at radius 3 is 2.95 bits per heavy atom. The van der Waals surface area contributed by atoms with E-state index in [1.165, 1.54) is 0 Å². The summed E-state index contributed by atoms with van der Waals surface area (Å²) in [6.45, 7) is 5.92. The zero-order valence-corrected chi connectivity index (χ0v) is 12.6. The van der Waals surface area contributed by atoms with Crippen LogP contribution in [0.2, 0.25) is 0 Å². The lowest BCUT2D eigenvalue weighted by Crippen LogP contribution is -2.68. The average Bonchev–Trinajstić information content (AvgIpc) is 2.45. The Hall–Kier alpha value is -1.62. The summed E-state index contributed by atoms with van der Waals surface area (Å²) in [5.74, 6) is 0.914. The van der Waals surface area contributed by atoms with Gasteiger partial charge in [-0.25, -0.2) is 4.98 Å². The highest BCUT2D eigenvalue weighted by molar-refractivity contribution is 5.79. The third-order valence-electron chi connectivity index (χ3n) is 4.14. The number of nitrogens with zero attached hydrogens (tertiary/aromatic N) is 2. The molecule has 5 nitrogen and oxygen atoms in total. The van der Waals surface area contributed by atoms with Crippen LogP contribution >= 0.6 is 0 Å². The van der Waals surface area contributed by atoms with E-state index in [4.69, 9.17) is 9.47 Å². The molecule has 0 unspecified atom stereocenters. The zero-order valence-electron chi connectivity index (χ0n) is 12.6. The molecule has 3 rings (SSSR count). The Kier molecular flexibility index (Phi) is 3.85. The molecule has 0 aromatic carbocycles. The van der Waals surface area contributed by atoms with Crippen LogP contribution in [0.5, 0.6) is 5.88 Å². The van der Waals surface area contributed by atoms with Gasteiger partial charge in [0.25, 0.3) is 0 Å². The summed E-state index contributed by atoms with van der Waals surface area (Å²) in [6.07, 6.45) is 3.54. The number of hydrogen-bond donors (Lipinski definition) is 0. The minimum atomic E-state index is -0.206. The van der Waals surface area contributed by atoms with E-state index in [2.05, 4.69) is 4.98 Å². The van der Waals surface area contributed by atoms with Gasteiger partial charge in [0.15, 0.2) is 0 Å². The van der Waals surface area contributed by atoms with Gasteiger partial charge in [0.05, 0.1) is 19.7 Å². The molecule has 0 radical (unpaired) electrons. The number of pyridine rings is 1. The van der Waals surface area contributed by atoms with Crippen LogP contribution in [0.3, 0.4) is 0 Å². The molecule has 1 amide bonds. The van der Waals surface area contributed by atoms with Crippen molar-refractivity contribution in [1.29, 1.82) is 0 Å². The molecule has 0 N–H and O–H groups in total. The average molecular weight is 290 g/mol. The van der Waals surface area contributed by atoms with Gasteiger partial charge in [-0.15, -0.1) is 0 Å². The fourth-order valence-electron chi connectivity index (χ4n) is 3.06. The number of amides is 1. The molecule has 2 saturated heterocycles. The second kappa shape index (κ2) is 5.64. The Bertz CT molecular complexity index is 498. The maximum atomic E-state index is 12.0. The Morgan fingerprint density at radius 1 is 1.48 bits per heavy atom. The number of carbonyl (C=O) groups excluding carboxylic acids is 1. The predicted molar refractivity (Wildman–Crippen MR) is 78.0 cm³/mol. The third-order valence-corrected chi connectivity index (χ3v) is 4.14. The lowest BCUT2D eigenvalue weighted by molar-refractivity contribution is -0.195. The highest BCUT2D eigenvalue weighted by Gasteiger charge is 2.50. The Labute approximate surface area is 125 Å². The highest BCUT2D eigenvalue weighted by atomic mass is 16.5. The van der Waals surface area contributed by atoms with E-state index in [1.54, 1.807) is 6.20 Å². The summed E-state index contributed by atoms with van der Waals surface area (Å²) < 4.78 is 11.9. The molecule has 2 aliphatic rings. The van der Waals surface area contributed by atoms with Crippen molar-refractivity contribution in [2.24, 2.45) is 5.92 Å². The van der Waals surface area contributed by atoms with Crippen LogP contribution in [0, 0.1) is 5.92 Å². The quantitative estimate of drug-likeness (QED) is 0.853. The summed E-state index contributed by atoms with van der Waals surface area (Å²) in [7, 11) is 0. The number of carbonyl (C=O) groups is 1. The van der Waals surface area contributed by atoms with Crippen molar-refractivity contribution < 1.29 is 14.3 Å². The standard InChI is InChI=1S/C16H22N2O3/c1-12(2)15(19)18-10-16(11-18)9-13(6-8-20-16)21-14-5-3-4-7-17-14/h3-5,7,12-13H,6,8-11H2,1-2H3/t13-/m1/s1. The molecule has 1 atom stereocenters. The van der Waals surface area contributed by atoms with Crippen LogP contribution in [0.4, 0.5) is 0 Å². The first-order valence-electron chi connectivity index (χ1n) is 7.58. The molecular weight excluding hydrogens is 268 g/mol. The molecule has 3 heterocycles. The molecule has 21 heavy (non-hydrogen) atoms. The second-order valence-electron chi connectivity index (χ2n) is 6.28. The van der Waals surface area contributed by atoms with Gasteiger partial charge in [0.1, 0.15) is 11.7 Å². The van der Waals surface area contributed by atoms with Crippen LogP contribution in [0.1, 0.15) is 26.7 Å². The molecule has 1 aromatic heterocycles. The molecule has 0 saturated carbocycles. The van der Waals surface area contributed by atoms with E-state index < -0.39 is 0 Å². The van der Waals surface area contributed by atoms with Crippen molar-refractivity contribution in [1.82, 2.24) is 9.88 Å². The summed E-state index contributed by atoms with van der Waals surface area (Å²) in [5.41, 5.74) is -0.206. The Balaban J connectivity index is 1.56. The van der Waals surface area contributed by atoms with Crippen molar-refractivity contribution in [3.8, 4) is 5.88 Å². The van der Waals surface area contributed by atoms with E-state index in [9.17, 15) is 4.79 Å². The first-order valence-corrected chi connectivity index (χ1v) is 7.58. The molecule has 0 aliphatic carbocycles. The van der Waals surface area contributed by atoms with Gasteiger partial charge in [0.2, 0.25) is 11.8 Å². The number of likely N-dealkylation sites (tertiary alicyclic amines) is 1. The van der Waals surface area contributed by atoms with Crippen LogP contribution < -0.4 is 4.74 Å². The molecule has 2 aliphatic heterocycles. The van der Waals surface area contributed by atoms with Crippen molar-refractivity contribution in [2.45, 2.75) is 38.4 Å². The van der Waals surface area contributed by atoms with Gasteiger partial charge >= 0.3 is 0 Å². The fraction of sp³-hybridized carbons (Fsp3) is 0.625. The van der Waals surface area contributed by atoms with E-state index in [0.717, 1.165) is 12.8 Å². The van der Waals surface area contributed by atoms with Crippen LogP contribution in [0.25, 0.3) is 0 Å². The van der Waals surface area contributed by atoms with E-state index in [-0.39, 0.29) is 23.5 Å². The highest BCUT2D eigenvalue weighted by Crippen LogP contribution is 2.36. The lowest BCUT2D eigenvalue weighted by Gasteiger charge is -2.53. The predicted octanol–water partition coefficient (Wildman–Crippen LogP) is 1.88. The topological polar surface area (TPSA) is 51.7 Å². The van der Waals surface area contributed by atoms with Crippen LogP contribution in [-0.2, 0) is 9.53 Å². The van der Waals surface area contributed by atoms with Gasteiger partial charge in [-0.05, 0) is 6.07 Å². The lowest BCUT2D eigenvalue weighted by atomic mass is 9.84. The normalized spacial score (nSPS) is 24.0. The van der Waals surface area contributed by atoms with Gasteiger partial charge in [-0.3, -0.25) is 4.79 Å². The minimum absolute atomic E-state index is 0.0477. The Morgan fingerprint density at radius 2 is 2.29 bits per heavy atom. The molecule has 1 aromatic rings. The summed E-state index contributed by atoms with van der Waals surface area (Å²) in [5, 5.41) is 0. The summed E-state index contributed by atoms with van der Waals surface area (Å²) in [4.78, 5) is 18.0. The molecular formula is C16H22N2O3. The zero-order chi connectivity index (χ0) is 14.9. The van der Waals surface area contributed by atoms with Gasteiger partial charge in [0, 0.05) is 31.0 Å². The van der Waals surface area contributed by atoms with E-state index in [1.807, 2.05) is 36.9 Å². The largest absolute Gasteiger partial charge is 0.474 e. The molecule has 114 valence electrons. The number of rotatable bonds is 3. The maximum absolute atomic E-state index is 12.0. The van der Waals surface area contributed by atoms with Gasteiger partial charge < -0.3 is 14.4 Å². The van der Waals surface area contributed by atoms with Crippen LogP contribution in [-0.4, -0.2) is 47.2 Å². The number of hydrogen-bond acceptors (Lipinski definition) is 4. The maximum Gasteiger partial charge on any atom is 0.225 e. The second-order valence-corrected chi connectivity index (χ2v) is 6.28. The SMILES string of the molecule is CC(C)C(=O)N1CC2(C[C@H](Oc3ccccn3)CCO2)C1. The molecule has 5 heteroatoms.